The monoisotopic (exact) mass is 226 g/mol. The van der Waals surface area contributed by atoms with Crippen LogP contribution in [0.1, 0.15) is 32.1 Å². The minimum Gasteiger partial charge on any atom is -0.512 e. The first-order valence-electron chi connectivity index (χ1n) is 5.54. The maximum absolute atomic E-state index is 11.3. The van der Waals surface area contributed by atoms with Gasteiger partial charge in [0.25, 0.3) is 0 Å². The minimum atomic E-state index is -0.690. The van der Waals surface area contributed by atoms with Gasteiger partial charge in [-0.05, 0) is 31.4 Å². The van der Waals surface area contributed by atoms with E-state index in [9.17, 15) is 15.0 Å². The lowest BCUT2D eigenvalue weighted by molar-refractivity contribution is -0.115. The summed E-state index contributed by atoms with van der Waals surface area (Å²) < 4.78 is 0. The Bertz CT molecular complexity index is 304. The zero-order valence-corrected chi connectivity index (χ0v) is 9.22. The molecule has 1 aliphatic carbocycles. The average molecular weight is 226 g/mol. The molecule has 4 heteroatoms. The number of unbranched alkanes of at least 4 members (excludes halogenated alkanes) is 2. The van der Waals surface area contributed by atoms with Gasteiger partial charge in [-0.3, -0.25) is 4.79 Å². The molecule has 0 saturated heterocycles. The number of carbonyl (C=O) groups is 1. The molecule has 0 heterocycles. The molecule has 0 amide bonds. The number of rotatable bonds is 6. The summed E-state index contributed by atoms with van der Waals surface area (Å²) in [5.41, 5.74) is 0.489. The second kappa shape index (κ2) is 6.45. The van der Waals surface area contributed by atoms with Crippen LogP contribution in [0.2, 0.25) is 0 Å². The average Bonchev–Trinajstić information content (AvgIpc) is 2.52. The van der Waals surface area contributed by atoms with Crippen LogP contribution < -0.4 is 0 Å². The van der Waals surface area contributed by atoms with Gasteiger partial charge in [-0.25, -0.2) is 0 Å². The standard InChI is InChI=1S/C12H18O4/c13-5-3-1-2-4-10(14)6-9-7-11(15)8-12(9)16/h4,7,11,13-15H,1-3,5-6,8H2/b10-4-. The highest BCUT2D eigenvalue weighted by Crippen LogP contribution is 2.20. The van der Waals surface area contributed by atoms with Gasteiger partial charge in [-0.1, -0.05) is 0 Å². The van der Waals surface area contributed by atoms with Crippen molar-refractivity contribution in [1.29, 1.82) is 0 Å². The summed E-state index contributed by atoms with van der Waals surface area (Å²) in [6, 6.07) is 0. The van der Waals surface area contributed by atoms with Gasteiger partial charge < -0.3 is 15.3 Å². The van der Waals surface area contributed by atoms with Crippen LogP contribution in [0.5, 0.6) is 0 Å². The van der Waals surface area contributed by atoms with Crippen LogP contribution in [-0.4, -0.2) is 33.8 Å². The van der Waals surface area contributed by atoms with Gasteiger partial charge in [0.15, 0.2) is 5.78 Å². The van der Waals surface area contributed by atoms with Crippen molar-refractivity contribution in [3.05, 3.63) is 23.5 Å². The molecule has 90 valence electrons. The summed E-state index contributed by atoms with van der Waals surface area (Å²) in [7, 11) is 0. The van der Waals surface area contributed by atoms with Gasteiger partial charge in [-0.15, -0.1) is 0 Å². The summed E-state index contributed by atoms with van der Waals surface area (Å²) in [6.07, 6.45) is 5.03. The molecule has 16 heavy (non-hydrogen) atoms. The third kappa shape index (κ3) is 4.16. The predicted octanol–water partition coefficient (Wildman–Crippen LogP) is 1.24. The van der Waals surface area contributed by atoms with E-state index in [0.29, 0.717) is 18.4 Å². The Balaban J connectivity index is 2.36. The Labute approximate surface area is 94.9 Å². The van der Waals surface area contributed by atoms with Crippen molar-refractivity contribution in [1.82, 2.24) is 0 Å². The van der Waals surface area contributed by atoms with Gasteiger partial charge in [0.05, 0.1) is 11.9 Å². The number of Topliss-reactive ketones (excluding diaryl/α,β-unsaturated/α-hetero) is 1. The highest BCUT2D eigenvalue weighted by molar-refractivity contribution is 5.98. The van der Waals surface area contributed by atoms with Crippen LogP contribution in [0.4, 0.5) is 0 Å². The van der Waals surface area contributed by atoms with E-state index in [-0.39, 0.29) is 31.0 Å². The maximum atomic E-state index is 11.3. The van der Waals surface area contributed by atoms with E-state index in [4.69, 9.17) is 5.11 Å². The van der Waals surface area contributed by atoms with Crippen molar-refractivity contribution in [3.8, 4) is 0 Å². The smallest absolute Gasteiger partial charge is 0.162 e. The molecule has 3 N–H and O–H groups in total. The Hall–Kier alpha value is -1.13. The van der Waals surface area contributed by atoms with E-state index in [2.05, 4.69) is 0 Å². The predicted molar refractivity (Wildman–Crippen MR) is 60.0 cm³/mol. The van der Waals surface area contributed by atoms with Gasteiger partial charge >= 0.3 is 0 Å². The first-order chi connectivity index (χ1) is 7.63. The molecule has 0 bridgehead atoms. The minimum absolute atomic E-state index is 0.0946. The molecule has 0 saturated carbocycles. The lowest BCUT2D eigenvalue weighted by Crippen LogP contribution is -2.01. The second-order valence-corrected chi connectivity index (χ2v) is 3.98. The molecule has 1 atom stereocenters. The van der Waals surface area contributed by atoms with E-state index < -0.39 is 6.10 Å². The third-order valence-corrected chi connectivity index (χ3v) is 2.51. The van der Waals surface area contributed by atoms with E-state index in [1.807, 2.05) is 0 Å². The molecule has 4 nitrogen and oxygen atoms in total. The van der Waals surface area contributed by atoms with Gasteiger partial charge in [0.1, 0.15) is 0 Å². The third-order valence-electron chi connectivity index (χ3n) is 2.51. The number of aliphatic hydroxyl groups is 3. The molecule has 0 aromatic carbocycles. The van der Waals surface area contributed by atoms with Crippen LogP contribution in [0, 0.1) is 0 Å². The van der Waals surface area contributed by atoms with Crippen molar-refractivity contribution in [2.75, 3.05) is 6.61 Å². The van der Waals surface area contributed by atoms with Crippen LogP contribution in [0.3, 0.4) is 0 Å². The molecule has 0 radical (unpaired) electrons. The highest BCUT2D eigenvalue weighted by Gasteiger charge is 2.22. The van der Waals surface area contributed by atoms with E-state index >= 15 is 0 Å². The van der Waals surface area contributed by atoms with Crippen LogP contribution in [-0.2, 0) is 4.79 Å². The fourth-order valence-electron chi connectivity index (χ4n) is 1.65. The van der Waals surface area contributed by atoms with Crippen LogP contribution >= 0.6 is 0 Å². The van der Waals surface area contributed by atoms with E-state index in [1.54, 1.807) is 6.08 Å². The summed E-state index contributed by atoms with van der Waals surface area (Å²) in [4.78, 5) is 11.3. The zero-order chi connectivity index (χ0) is 12.0. The Morgan fingerprint density at radius 3 is 2.81 bits per heavy atom. The fourth-order valence-corrected chi connectivity index (χ4v) is 1.65. The van der Waals surface area contributed by atoms with E-state index in [1.165, 1.54) is 6.08 Å². The molecule has 1 rings (SSSR count). The number of hydrogen-bond acceptors (Lipinski definition) is 4. The Kier molecular flexibility index (Phi) is 5.22. The molecule has 1 unspecified atom stereocenters. The Morgan fingerprint density at radius 1 is 1.50 bits per heavy atom. The summed E-state index contributed by atoms with van der Waals surface area (Å²) >= 11 is 0. The summed E-state index contributed by atoms with van der Waals surface area (Å²) in [5.74, 6) is 0.0643. The van der Waals surface area contributed by atoms with Gasteiger partial charge in [0, 0.05) is 25.0 Å². The molecular formula is C12H18O4. The first kappa shape index (κ1) is 12.9. The fraction of sp³-hybridized carbons (Fsp3) is 0.583. The molecule has 0 fully saturated rings. The van der Waals surface area contributed by atoms with Gasteiger partial charge in [0.2, 0.25) is 0 Å². The molecule has 0 spiro atoms. The van der Waals surface area contributed by atoms with Crippen LogP contribution in [0.15, 0.2) is 23.5 Å². The number of allylic oxidation sites excluding steroid dienone is 2. The molecular weight excluding hydrogens is 208 g/mol. The number of aliphatic hydroxyl groups excluding tert-OH is 3. The first-order valence-corrected chi connectivity index (χ1v) is 5.54. The van der Waals surface area contributed by atoms with Crippen LogP contribution in [0.25, 0.3) is 0 Å². The van der Waals surface area contributed by atoms with Crippen molar-refractivity contribution >= 4 is 5.78 Å². The largest absolute Gasteiger partial charge is 0.512 e. The number of hydrogen-bond donors (Lipinski definition) is 3. The maximum Gasteiger partial charge on any atom is 0.162 e. The SMILES string of the molecule is O=C1CC(O)C=C1C/C(O)=C/CCCCO. The topological polar surface area (TPSA) is 77.8 Å². The second-order valence-electron chi connectivity index (χ2n) is 3.98. The number of ketones is 1. The van der Waals surface area contributed by atoms with Crippen molar-refractivity contribution < 1.29 is 20.1 Å². The summed E-state index contributed by atoms with van der Waals surface area (Å²) in [6.45, 7) is 0.157. The normalized spacial score (nSPS) is 21.4. The van der Waals surface area contributed by atoms with Crippen molar-refractivity contribution in [2.24, 2.45) is 0 Å². The van der Waals surface area contributed by atoms with Crippen molar-refractivity contribution in [3.63, 3.8) is 0 Å². The summed E-state index contributed by atoms with van der Waals surface area (Å²) in [5, 5.41) is 27.3. The van der Waals surface area contributed by atoms with Gasteiger partial charge in [-0.2, -0.15) is 0 Å². The molecule has 0 aliphatic heterocycles. The number of carbonyl (C=O) groups excluding carboxylic acids is 1. The quantitative estimate of drug-likeness (QED) is 0.470. The molecule has 1 aliphatic rings. The van der Waals surface area contributed by atoms with E-state index in [0.717, 1.165) is 6.42 Å². The lowest BCUT2D eigenvalue weighted by atomic mass is 10.1. The Morgan fingerprint density at radius 2 is 2.25 bits per heavy atom. The highest BCUT2D eigenvalue weighted by atomic mass is 16.3. The van der Waals surface area contributed by atoms with Crippen molar-refractivity contribution in [2.45, 2.75) is 38.2 Å². The molecule has 0 aromatic heterocycles. The lowest BCUT2D eigenvalue weighted by Gasteiger charge is -2.00. The zero-order valence-electron chi connectivity index (χ0n) is 9.22. The molecule has 0 aromatic rings.